The van der Waals surface area contributed by atoms with Crippen LogP contribution in [0.2, 0.25) is 0 Å². The molecule has 0 bridgehead atoms. The van der Waals surface area contributed by atoms with Crippen molar-refractivity contribution >= 4 is 23.1 Å². The van der Waals surface area contributed by atoms with Crippen molar-refractivity contribution < 1.29 is 28.9 Å². The van der Waals surface area contributed by atoms with E-state index in [2.05, 4.69) is 0 Å². The fraction of sp³-hybridized carbons (Fsp3) is 0.214. The number of hydrogen-bond acceptors (Lipinski definition) is 6. The van der Waals surface area contributed by atoms with Gasteiger partial charge in [-0.25, -0.2) is 0 Å². The van der Waals surface area contributed by atoms with Gasteiger partial charge in [-0.1, -0.05) is 35.9 Å². The standard InChI is InChI=1S/C28H27NO6/c1-16-12-13-20(17(2)14-16)29-25(18-8-6-9-19(15-18)33-3)24(27(31)28(29)32)26(30)23-21(34-4)10-7-11-22(23)35-5/h6-15,25,30H,1-5H3/b26-24+. The van der Waals surface area contributed by atoms with Crippen LogP contribution < -0.4 is 19.1 Å². The number of carbonyl (C=O) groups is 2. The highest BCUT2D eigenvalue weighted by atomic mass is 16.5. The zero-order chi connectivity index (χ0) is 25.3. The van der Waals surface area contributed by atoms with Gasteiger partial charge >= 0.3 is 0 Å². The van der Waals surface area contributed by atoms with E-state index < -0.39 is 17.7 Å². The molecule has 4 rings (SSSR count). The molecular formula is C28H27NO6. The number of anilines is 1. The molecule has 0 spiro atoms. The highest BCUT2D eigenvalue weighted by Crippen LogP contribution is 2.46. The maximum absolute atomic E-state index is 13.5. The monoisotopic (exact) mass is 473 g/mol. The summed E-state index contributed by atoms with van der Waals surface area (Å²) < 4.78 is 16.3. The summed E-state index contributed by atoms with van der Waals surface area (Å²) in [6.45, 7) is 3.84. The Balaban J connectivity index is 2.04. The van der Waals surface area contributed by atoms with E-state index in [1.807, 2.05) is 32.0 Å². The van der Waals surface area contributed by atoms with Crippen LogP contribution in [0.15, 0.2) is 66.2 Å². The molecule has 0 aromatic heterocycles. The third-order valence-corrected chi connectivity index (χ3v) is 6.13. The number of aliphatic hydroxyl groups is 1. The molecule has 0 aliphatic carbocycles. The van der Waals surface area contributed by atoms with Crippen LogP contribution in [0.1, 0.15) is 28.3 Å². The molecule has 3 aromatic rings. The smallest absolute Gasteiger partial charge is 0.300 e. The van der Waals surface area contributed by atoms with E-state index in [9.17, 15) is 14.7 Å². The summed E-state index contributed by atoms with van der Waals surface area (Å²) in [5.74, 6) is -0.738. The van der Waals surface area contributed by atoms with Gasteiger partial charge in [0.15, 0.2) is 0 Å². The molecule has 180 valence electrons. The van der Waals surface area contributed by atoms with Gasteiger partial charge in [0.25, 0.3) is 11.7 Å². The number of ether oxygens (including phenoxy) is 3. The van der Waals surface area contributed by atoms with Crippen molar-refractivity contribution in [3.63, 3.8) is 0 Å². The highest BCUT2D eigenvalue weighted by Gasteiger charge is 2.48. The average molecular weight is 474 g/mol. The molecule has 0 saturated carbocycles. The molecule has 35 heavy (non-hydrogen) atoms. The van der Waals surface area contributed by atoms with Gasteiger partial charge in [0.05, 0.1) is 32.9 Å². The summed E-state index contributed by atoms with van der Waals surface area (Å²) in [5.41, 5.74) is 3.18. The Bertz CT molecular complexity index is 1320. The summed E-state index contributed by atoms with van der Waals surface area (Å²) in [6.07, 6.45) is 0. The number of methoxy groups -OCH3 is 3. The Morgan fingerprint density at radius 3 is 2.11 bits per heavy atom. The number of benzene rings is 3. The molecule has 1 unspecified atom stereocenters. The minimum atomic E-state index is -0.902. The van der Waals surface area contributed by atoms with E-state index >= 15 is 0 Å². The quantitative estimate of drug-likeness (QED) is 0.310. The lowest BCUT2D eigenvalue weighted by Crippen LogP contribution is -2.30. The SMILES string of the molecule is COc1cccc(C2/C(=C(\O)c3c(OC)cccc3OC)C(=O)C(=O)N2c2ccc(C)cc2C)c1. The van der Waals surface area contributed by atoms with Crippen molar-refractivity contribution in [1.82, 2.24) is 0 Å². The lowest BCUT2D eigenvalue weighted by Gasteiger charge is -2.27. The van der Waals surface area contributed by atoms with Gasteiger partial charge in [-0.05, 0) is 55.3 Å². The molecule has 1 fully saturated rings. The number of amides is 1. The maximum atomic E-state index is 13.5. The van der Waals surface area contributed by atoms with E-state index in [0.717, 1.165) is 11.1 Å². The van der Waals surface area contributed by atoms with Crippen molar-refractivity contribution in [2.75, 3.05) is 26.2 Å². The number of hydrogen-bond donors (Lipinski definition) is 1. The van der Waals surface area contributed by atoms with Crippen molar-refractivity contribution in [3.05, 3.63) is 88.5 Å². The van der Waals surface area contributed by atoms with Crippen LogP contribution in [-0.2, 0) is 9.59 Å². The lowest BCUT2D eigenvalue weighted by atomic mass is 9.94. The van der Waals surface area contributed by atoms with E-state index in [1.54, 1.807) is 49.6 Å². The van der Waals surface area contributed by atoms with Crippen molar-refractivity contribution in [1.29, 1.82) is 0 Å². The number of rotatable bonds is 6. The molecule has 1 aliphatic rings. The summed E-state index contributed by atoms with van der Waals surface area (Å²) in [6, 6.07) is 16.8. The molecule has 1 aliphatic heterocycles. The van der Waals surface area contributed by atoms with Gasteiger partial charge in [-0.3, -0.25) is 14.5 Å². The molecule has 1 saturated heterocycles. The maximum Gasteiger partial charge on any atom is 0.300 e. The molecule has 7 heteroatoms. The molecular weight excluding hydrogens is 446 g/mol. The average Bonchev–Trinajstić information content (AvgIpc) is 3.13. The Labute approximate surface area is 204 Å². The van der Waals surface area contributed by atoms with Gasteiger partial charge in [-0.2, -0.15) is 0 Å². The summed E-state index contributed by atoms with van der Waals surface area (Å²) >= 11 is 0. The van der Waals surface area contributed by atoms with Crippen LogP contribution in [0.25, 0.3) is 5.76 Å². The van der Waals surface area contributed by atoms with Crippen LogP contribution in [0, 0.1) is 13.8 Å². The molecule has 1 amide bonds. The zero-order valence-electron chi connectivity index (χ0n) is 20.3. The summed E-state index contributed by atoms with van der Waals surface area (Å²) in [7, 11) is 4.46. The third kappa shape index (κ3) is 4.10. The Hall–Kier alpha value is -4.26. The first-order valence-electron chi connectivity index (χ1n) is 11.1. The first-order valence-corrected chi connectivity index (χ1v) is 11.1. The predicted molar refractivity (Wildman–Crippen MR) is 133 cm³/mol. The van der Waals surface area contributed by atoms with Gasteiger partial charge in [0.2, 0.25) is 0 Å². The van der Waals surface area contributed by atoms with Gasteiger partial charge in [0.1, 0.15) is 28.6 Å². The first-order chi connectivity index (χ1) is 16.8. The Kier molecular flexibility index (Phi) is 6.51. The molecule has 1 N–H and O–H groups in total. The van der Waals surface area contributed by atoms with Crippen LogP contribution in [-0.4, -0.2) is 38.1 Å². The highest BCUT2D eigenvalue weighted by molar-refractivity contribution is 6.51. The fourth-order valence-corrected chi connectivity index (χ4v) is 4.50. The van der Waals surface area contributed by atoms with Crippen LogP contribution in [0.4, 0.5) is 5.69 Å². The number of carbonyl (C=O) groups excluding carboxylic acids is 2. The number of aliphatic hydroxyl groups excluding tert-OH is 1. The van der Waals surface area contributed by atoms with Gasteiger partial charge < -0.3 is 19.3 Å². The first kappa shape index (κ1) is 23.9. The third-order valence-electron chi connectivity index (χ3n) is 6.13. The summed E-state index contributed by atoms with van der Waals surface area (Å²) in [4.78, 5) is 28.4. The number of ketones is 1. The van der Waals surface area contributed by atoms with Crippen molar-refractivity contribution in [2.45, 2.75) is 19.9 Å². The van der Waals surface area contributed by atoms with E-state index in [4.69, 9.17) is 14.2 Å². The van der Waals surface area contributed by atoms with Crippen molar-refractivity contribution in [2.24, 2.45) is 0 Å². The number of Topliss-reactive ketones (excluding diaryl/α,β-unsaturated/α-hetero) is 1. The van der Waals surface area contributed by atoms with Crippen LogP contribution >= 0.6 is 0 Å². The van der Waals surface area contributed by atoms with E-state index in [1.165, 1.54) is 19.1 Å². The zero-order valence-corrected chi connectivity index (χ0v) is 20.3. The molecule has 1 heterocycles. The van der Waals surface area contributed by atoms with Gasteiger partial charge in [-0.15, -0.1) is 0 Å². The van der Waals surface area contributed by atoms with Crippen molar-refractivity contribution in [3.8, 4) is 17.2 Å². The molecule has 1 atom stereocenters. The minimum absolute atomic E-state index is 0.0639. The van der Waals surface area contributed by atoms with E-state index in [0.29, 0.717) is 28.5 Å². The van der Waals surface area contributed by atoms with Crippen LogP contribution in [0.5, 0.6) is 17.2 Å². The van der Waals surface area contributed by atoms with E-state index in [-0.39, 0.29) is 16.9 Å². The molecule has 3 aromatic carbocycles. The number of aryl methyl sites for hydroxylation is 2. The lowest BCUT2D eigenvalue weighted by molar-refractivity contribution is -0.132. The topological polar surface area (TPSA) is 85.3 Å². The normalized spacial score (nSPS) is 16.9. The Morgan fingerprint density at radius 1 is 0.857 bits per heavy atom. The second kappa shape index (κ2) is 9.54. The minimum Gasteiger partial charge on any atom is -0.506 e. The fourth-order valence-electron chi connectivity index (χ4n) is 4.50. The largest absolute Gasteiger partial charge is 0.506 e. The molecule has 0 radical (unpaired) electrons. The second-order valence-electron chi connectivity index (χ2n) is 8.27. The second-order valence-corrected chi connectivity index (χ2v) is 8.27. The van der Waals surface area contributed by atoms with Crippen LogP contribution in [0.3, 0.4) is 0 Å². The number of nitrogens with zero attached hydrogens (tertiary/aromatic N) is 1. The summed E-state index contributed by atoms with van der Waals surface area (Å²) in [5, 5.41) is 11.6. The predicted octanol–water partition coefficient (Wildman–Crippen LogP) is 4.96. The van der Waals surface area contributed by atoms with Gasteiger partial charge in [0, 0.05) is 5.69 Å². The Morgan fingerprint density at radius 2 is 1.51 bits per heavy atom. The molecule has 7 nitrogen and oxygen atoms in total.